The van der Waals surface area contributed by atoms with Crippen LogP contribution in [0.15, 0.2) is 0 Å². The fourth-order valence-electron chi connectivity index (χ4n) is 1.83. The Kier molecular flexibility index (Phi) is 8.25. The topological polar surface area (TPSA) is 66.8 Å². The van der Waals surface area contributed by atoms with E-state index in [4.69, 9.17) is 9.84 Å². The lowest BCUT2D eigenvalue weighted by Gasteiger charge is -2.35. The van der Waals surface area contributed by atoms with Gasteiger partial charge in [-0.15, -0.1) is 0 Å². The predicted octanol–water partition coefficient (Wildman–Crippen LogP) is 1.86. The molecule has 0 spiro atoms. The molecule has 0 amide bonds. The Bertz CT molecular complexity index is 367. The molecule has 0 aromatic carbocycles. The standard InChI is InChI=1S/C14H31NO4S/c1-7-14(4,5)12(3)19-13(9-10-16)11-15(8-2)20(6,17)18/h12-13,16H,7-11H2,1-6H3. The van der Waals surface area contributed by atoms with Crippen molar-refractivity contribution >= 4 is 10.0 Å². The first-order valence-corrected chi connectivity index (χ1v) is 9.14. The maximum Gasteiger partial charge on any atom is 0.211 e. The van der Waals surface area contributed by atoms with Crippen LogP contribution in [-0.4, -0.2) is 56.0 Å². The number of sulfonamides is 1. The van der Waals surface area contributed by atoms with Crippen LogP contribution in [0.4, 0.5) is 0 Å². The predicted molar refractivity (Wildman–Crippen MR) is 82.2 cm³/mol. The summed E-state index contributed by atoms with van der Waals surface area (Å²) in [6.45, 7) is 10.9. The molecule has 1 N–H and O–H groups in total. The van der Waals surface area contributed by atoms with Gasteiger partial charge in [-0.25, -0.2) is 8.42 Å². The van der Waals surface area contributed by atoms with Crippen LogP contribution in [0.3, 0.4) is 0 Å². The molecule has 0 fully saturated rings. The van der Waals surface area contributed by atoms with E-state index in [1.54, 1.807) is 6.92 Å². The van der Waals surface area contributed by atoms with Crippen LogP contribution in [0.1, 0.15) is 47.5 Å². The smallest absolute Gasteiger partial charge is 0.211 e. The number of ether oxygens (including phenoxy) is 1. The van der Waals surface area contributed by atoms with E-state index in [0.717, 1.165) is 6.42 Å². The summed E-state index contributed by atoms with van der Waals surface area (Å²) in [5.74, 6) is 0. The number of nitrogens with zero attached hydrogens (tertiary/aromatic N) is 1. The first-order valence-electron chi connectivity index (χ1n) is 7.29. The molecule has 2 unspecified atom stereocenters. The van der Waals surface area contributed by atoms with Crippen LogP contribution in [0.2, 0.25) is 0 Å². The second-order valence-electron chi connectivity index (χ2n) is 5.97. The maximum atomic E-state index is 11.6. The van der Waals surface area contributed by atoms with Gasteiger partial charge in [-0.2, -0.15) is 4.31 Å². The number of hydrogen-bond donors (Lipinski definition) is 1. The zero-order valence-electron chi connectivity index (χ0n) is 13.7. The highest BCUT2D eigenvalue weighted by atomic mass is 32.2. The third-order valence-electron chi connectivity index (χ3n) is 4.09. The minimum absolute atomic E-state index is 0.00214. The van der Waals surface area contributed by atoms with Gasteiger partial charge in [0, 0.05) is 19.7 Å². The largest absolute Gasteiger partial charge is 0.396 e. The van der Waals surface area contributed by atoms with Gasteiger partial charge in [0.25, 0.3) is 0 Å². The summed E-state index contributed by atoms with van der Waals surface area (Å²) in [5.41, 5.74) is 0.0237. The van der Waals surface area contributed by atoms with Gasteiger partial charge in [0.15, 0.2) is 0 Å². The van der Waals surface area contributed by atoms with E-state index in [0.29, 0.717) is 19.5 Å². The molecule has 0 aliphatic heterocycles. The Labute approximate surface area is 124 Å². The summed E-state index contributed by atoms with van der Waals surface area (Å²) in [5, 5.41) is 9.15. The molecular weight excluding hydrogens is 278 g/mol. The molecular formula is C14H31NO4S. The zero-order chi connectivity index (χ0) is 16.0. The second-order valence-corrected chi connectivity index (χ2v) is 7.95. The van der Waals surface area contributed by atoms with Crippen LogP contribution in [0, 0.1) is 5.41 Å². The van der Waals surface area contributed by atoms with Crippen molar-refractivity contribution in [3.63, 3.8) is 0 Å². The zero-order valence-corrected chi connectivity index (χ0v) is 14.5. The summed E-state index contributed by atoms with van der Waals surface area (Å²) in [6.07, 6.45) is 2.34. The van der Waals surface area contributed by atoms with Crippen LogP contribution in [0.5, 0.6) is 0 Å². The van der Waals surface area contributed by atoms with Crippen molar-refractivity contribution in [2.75, 3.05) is 26.0 Å². The molecule has 2 atom stereocenters. The second kappa shape index (κ2) is 8.32. The molecule has 122 valence electrons. The SMILES string of the molecule is CCN(CC(CCO)OC(C)C(C)(C)CC)S(C)(=O)=O. The number of aliphatic hydroxyl groups excluding tert-OH is 1. The van der Waals surface area contributed by atoms with Crippen molar-refractivity contribution < 1.29 is 18.3 Å². The van der Waals surface area contributed by atoms with Crippen molar-refractivity contribution in [3.8, 4) is 0 Å². The van der Waals surface area contributed by atoms with E-state index >= 15 is 0 Å². The minimum Gasteiger partial charge on any atom is -0.396 e. The quantitative estimate of drug-likeness (QED) is 0.669. The maximum absolute atomic E-state index is 11.6. The van der Waals surface area contributed by atoms with E-state index in [-0.39, 0.29) is 24.2 Å². The van der Waals surface area contributed by atoms with Crippen LogP contribution < -0.4 is 0 Å². The van der Waals surface area contributed by atoms with Crippen LogP contribution >= 0.6 is 0 Å². The summed E-state index contributed by atoms with van der Waals surface area (Å²) in [7, 11) is -3.23. The third-order valence-corrected chi connectivity index (χ3v) is 5.43. The third kappa shape index (κ3) is 6.52. The first kappa shape index (κ1) is 19.8. The number of likely N-dealkylation sites (N-methyl/N-ethyl adjacent to an activating group) is 1. The highest BCUT2D eigenvalue weighted by Gasteiger charge is 2.29. The monoisotopic (exact) mass is 309 g/mol. The molecule has 0 aliphatic carbocycles. The van der Waals surface area contributed by atoms with Crippen LogP contribution in [-0.2, 0) is 14.8 Å². The van der Waals surface area contributed by atoms with E-state index in [9.17, 15) is 8.42 Å². The molecule has 0 aromatic heterocycles. The Morgan fingerprint density at radius 2 is 1.85 bits per heavy atom. The minimum atomic E-state index is -3.23. The molecule has 0 saturated carbocycles. The fourth-order valence-corrected chi connectivity index (χ4v) is 2.74. The lowest BCUT2D eigenvalue weighted by Crippen LogP contribution is -2.41. The summed E-state index contributed by atoms with van der Waals surface area (Å²) < 4.78 is 30.7. The number of hydrogen-bond acceptors (Lipinski definition) is 4. The highest BCUT2D eigenvalue weighted by Crippen LogP contribution is 2.28. The van der Waals surface area contributed by atoms with E-state index in [2.05, 4.69) is 20.8 Å². The molecule has 0 radical (unpaired) electrons. The van der Waals surface area contributed by atoms with E-state index < -0.39 is 10.0 Å². The summed E-state index contributed by atoms with van der Waals surface area (Å²) in [6, 6.07) is 0. The van der Waals surface area contributed by atoms with Gasteiger partial charge in [-0.1, -0.05) is 27.7 Å². The van der Waals surface area contributed by atoms with Gasteiger partial charge in [0.2, 0.25) is 10.0 Å². The van der Waals surface area contributed by atoms with Crippen molar-refractivity contribution in [1.82, 2.24) is 4.31 Å². The normalized spacial score (nSPS) is 16.4. The molecule has 0 aliphatic rings. The van der Waals surface area contributed by atoms with Crippen molar-refractivity contribution in [1.29, 1.82) is 0 Å². The van der Waals surface area contributed by atoms with Crippen molar-refractivity contribution in [3.05, 3.63) is 0 Å². The van der Waals surface area contributed by atoms with Gasteiger partial charge >= 0.3 is 0 Å². The molecule has 0 heterocycles. The van der Waals surface area contributed by atoms with Gasteiger partial charge in [0.1, 0.15) is 0 Å². The number of aliphatic hydroxyl groups is 1. The molecule has 6 heteroatoms. The lowest BCUT2D eigenvalue weighted by molar-refractivity contribution is -0.0740. The Balaban J connectivity index is 4.81. The fraction of sp³-hybridized carbons (Fsp3) is 1.00. The molecule has 0 rings (SSSR count). The highest BCUT2D eigenvalue weighted by molar-refractivity contribution is 7.88. The van der Waals surface area contributed by atoms with Gasteiger partial charge in [-0.05, 0) is 25.2 Å². The molecule has 5 nitrogen and oxygen atoms in total. The average molecular weight is 309 g/mol. The average Bonchev–Trinajstić information content (AvgIpc) is 2.34. The molecule has 20 heavy (non-hydrogen) atoms. The van der Waals surface area contributed by atoms with Gasteiger partial charge in [0.05, 0.1) is 18.5 Å². The first-order chi connectivity index (χ1) is 9.08. The van der Waals surface area contributed by atoms with Gasteiger partial charge in [-0.3, -0.25) is 0 Å². The molecule has 0 saturated heterocycles. The molecule has 0 bridgehead atoms. The van der Waals surface area contributed by atoms with Crippen molar-refractivity contribution in [2.45, 2.75) is 59.7 Å². The van der Waals surface area contributed by atoms with E-state index in [1.165, 1.54) is 10.6 Å². The lowest BCUT2D eigenvalue weighted by atomic mass is 9.84. The molecule has 0 aromatic rings. The van der Waals surface area contributed by atoms with Gasteiger partial charge < -0.3 is 9.84 Å². The Morgan fingerprint density at radius 3 is 2.20 bits per heavy atom. The summed E-state index contributed by atoms with van der Waals surface area (Å²) in [4.78, 5) is 0. The van der Waals surface area contributed by atoms with E-state index in [1.807, 2.05) is 6.92 Å². The van der Waals surface area contributed by atoms with Crippen molar-refractivity contribution in [2.24, 2.45) is 5.41 Å². The Morgan fingerprint density at radius 1 is 1.30 bits per heavy atom. The summed E-state index contributed by atoms with van der Waals surface area (Å²) >= 11 is 0. The number of rotatable bonds is 10. The Hall–Kier alpha value is -0.170. The van der Waals surface area contributed by atoms with Crippen LogP contribution in [0.25, 0.3) is 0 Å².